The highest BCUT2D eigenvalue weighted by atomic mass is 35.5. The van der Waals surface area contributed by atoms with Crippen LogP contribution in [-0.4, -0.2) is 22.4 Å². The van der Waals surface area contributed by atoms with Crippen LogP contribution < -0.4 is 10.2 Å². The van der Waals surface area contributed by atoms with Crippen LogP contribution in [0.2, 0.25) is 5.28 Å². The van der Waals surface area contributed by atoms with Crippen LogP contribution in [0.5, 0.6) is 0 Å². The average Bonchev–Trinajstić information content (AvgIpc) is 2.37. The van der Waals surface area contributed by atoms with Crippen LogP contribution in [0.1, 0.15) is 6.42 Å². The van der Waals surface area contributed by atoms with E-state index in [9.17, 15) is 4.79 Å². The normalized spacial score (nSPS) is 17.8. The number of rotatable bonds is 1. The molecule has 1 aromatic heterocycles. The highest BCUT2D eigenvalue weighted by Gasteiger charge is 2.23. The summed E-state index contributed by atoms with van der Waals surface area (Å²) in [6.07, 6.45) is 7.83. The third-order valence-electron chi connectivity index (χ3n) is 2.68. The number of carbonyl (C=O) groups excluding carboxylic acids is 1. The summed E-state index contributed by atoms with van der Waals surface area (Å²) in [5, 5.41) is 2.94. The van der Waals surface area contributed by atoms with Crippen molar-refractivity contribution in [3.05, 3.63) is 35.4 Å². The molecule has 0 atom stereocenters. The summed E-state index contributed by atoms with van der Waals surface area (Å²) >= 11 is 5.80. The van der Waals surface area contributed by atoms with Crippen molar-refractivity contribution in [1.82, 2.24) is 9.97 Å². The molecule has 17 heavy (non-hydrogen) atoms. The number of anilines is 2. The van der Waals surface area contributed by atoms with Gasteiger partial charge >= 0.3 is 0 Å². The quantitative estimate of drug-likeness (QED) is 0.769. The first-order chi connectivity index (χ1) is 8.24. The van der Waals surface area contributed by atoms with E-state index in [1.807, 2.05) is 23.1 Å². The maximum Gasteiger partial charge on any atom is 0.226 e. The number of allylic oxidation sites excluding steroid dienone is 3. The summed E-state index contributed by atoms with van der Waals surface area (Å²) in [6.45, 7) is 0.586. The van der Waals surface area contributed by atoms with E-state index in [1.165, 1.54) is 6.20 Å². The van der Waals surface area contributed by atoms with Gasteiger partial charge < -0.3 is 10.2 Å². The number of hydrogen-bond acceptors (Lipinski definition) is 4. The van der Waals surface area contributed by atoms with Crippen LogP contribution in [0, 0.1) is 0 Å². The lowest BCUT2D eigenvalue weighted by atomic mass is 10.2. The Bertz CT molecular complexity index is 552. The Balaban J connectivity index is 2.07. The molecule has 0 fully saturated rings. The number of aromatic nitrogens is 2. The Kier molecular flexibility index (Phi) is 2.33. The van der Waals surface area contributed by atoms with Gasteiger partial charge in [-0.1, -0.05) is 6.08 Å². The number of nitrogens with one attached hydrogen (secondary N) is 1. The van der Waals surface area contributed by atoms with E-state index >= 15 is 0 Å². The molecule has 0 bridgehead atoms. The minimum atomic E-state index is -0.0384. The van der Waals surface area contributed by atoms with Crippen molar-refractivity contribution < 1.29 is 4.79 Å². The number of fused-ring (bicyclic) bond motifs is 1. The molecule has 86 valence electrons. The molecule has 3 rings (SSSR count). The minimum absolute atomic E-state index is 0.0384. The van der Waals surface area contributed by atoms with Gasteiger partial charge in [-0.25, -0.2) is 4.98 Å². The first kappa shape index (κ1) is 10.3. The van der Waals surface area contributed by atoms with E-state index in [-0.39, 0.29) is 11.2 Å². The first-order valence-electron chi connectivity index (χ1n) is 5.22. The minimum Gasteiger partial charge on any atom is -0.324 e. The Morgan fingerprint density at radius 1 is 1.47 bits per heavy atom. The molecule has 1 N–H and O–H groups in total. The number of nitrogens with zero attached hydrogens (tertiary/aromatic N) is 3. The lowest BCUT2D eigenvalue weighted by molar-refractivity contribution is -0.115. The predicted octanol–water partition coefficient (Wildman–Crippen LogP) is 1.73. The molecule has 0 aromatic carbocycles. The fraction of sp³-hybridized carbons (Fsp3) is 0.182. The zero-order chi connectivity index (χ0) is 11.8. The Labute approximate surface area is 103 Å². The van der Waals surface area contributed by atoms with Gasteiger partial charge in [0.05, 0.1) is 6.20 Å². The summed E-state index contributed by atoms with van der Waals surface area (Å²) in [5.74, 6) is 0.607. The smallest absolute Gasteiger partial charge is 0.226 e. The molecule has 2 heterocycles. The number of halogens is 1. The highest BCUT2D eigenvalue weighted by Crippen LogP contribution is 2.31. The molecule has 0 unspecified atom stereocenters. The van der Waals surface area contributed by atoms with Gasteiger partial charge in [-0.2, -0.15) is 4.98 Å². The second kappa shape index (κ2) is 3.85. The Hall–Kier alpha value is -1.88. The van der Waals surface area contributed by atoms with E-state index in [0.717, 1.165) is 5.70 Å². The Morgan fingerprint density at radius 3 is 3.00 bits per heavy atom. The standard InChI is InChI=1S/C11H9ClN4O/c12-11-13-6-8-10(15-11)16(7-2-1-3-7)5-4-9(17)14-8/h1-3,6H,4-5H2,(H,14,17). The fourth-order valence-electron chi connectivity index (χ4n) is 1.79. The van der Waals surface area contributed by atoms with Crippen molar-refractivity contribution in [2.45, 2.75) is 6.42 Å². The van der Waals surface area contributed by atoms with Crippen LogP contribution in [0.25, 0.3) is 0 Å². The molecule has 0 radical (unpaired) electrons. The van der Waals surface area contributed by atoms with Crippen molar-refractivity contribution in [2.24, 2.45) is 0 Å². The molecule has 5 nitrogen and oxygen atoms in total. The van der Waals surface area contributed by atoms with Gasteiger partial charge in [-0.3, -0.25) is 4.79 Å². The van der Waals surface area contributed by atoms with Gasteiger partial charge in [-0.15, -0.1) is 0 Å². The van der Waals surface area contributed by atoms with E-state index in [0.29, 0.717) is 24.5 Å². The van der Waals surface area contributed by atoms with Crippen molar-refractivity contribution in [2.75, 3.05) is 16.8 Å². The zero-order valence-electron chi connectivity index (χ0n) is 8.85. The summed E-state index contributed by atoms with van der Waals surface area (Å²) in [4.78, 5) is 21.6. The van der Waals surface area contributed by atoms with Gasteiger partial charge in [0.15, 0.2) is 5.82 Å². The molecule has 0 spiro atoms. The van der Waals surface area contributed by atoms with Crippen LogP contribution in [0.3, 0.4) is 0 Å². The first-order valence-corrected chi connectivity index (χ1v) is 5.60. The topological polar surface area (TPSA) is 58.1 Å². The van der Waals surface area contributed by atoms with Crippen molar-refractivity contribution in [3.8, 4) is 0 Å². The van der Waals surface area contributed by atoms with Crippen molar-refractivity contribution in [1.29, 1.82) is 0 Å². The second-order valence-electron chi connectivity index (χ2n) is 3.78. The van der Waals surface area contributed by atoms with E-state index in [1.54, 1.807) is 0 Å². The van der Waals surface area contributed by atoms with Gasteiger partial charge in [0, 0.05) is 18.7 Å². The van der Waals surface area contributed by atoms with Crippen molar-refractivity contribution in [3.63, 3.8) is 0 Å². The van der Waals surface area contributed by atoms with Gasteiger partial charge in [0.25, 0.3) is 0 Å². The third kappa shape index (κ3) is 1.78. The molecule has 1 aliphatic heterocycles. The molecule has 1 aliphatic carbocycles. The fourth-order valence-corrected chi connectivity index (χ4v) is 1.92. The number of amides is 1. The van der Waals surface area contributed by atoms with E-state index < -0.39 is 0 Å². The second-order valence-corrected chi connectivity index (χ2v) is 4.11. The van der Waals surface area contributed by atoms with Crippen LogP contribution >= 0.6 is 11.6 Å². The van der Waals surface area contributed by atoms with Crippen LogP contribution in [0.15, 0.2) is 30.1 Å². The third-order valence-corrected chi connectivity index (χ3v) is 2.86. The maximum atomic E-state index is 11.5. The lowest BCUT2D eigenvalue weighted by Crippen LogP contribution is -2.25. The summed E-state index contributed by atoms with van der Waals surface area (Å²) in [7, 11) is 0. The van der Waals surface area contributed by atoms with Crippen molar-refractivity contribution >= 4 is 29.0 Å². The predicted molar refractivity (Wildman–Crippen MR) is 64.9 cm³/mol. The SMILES string of the molecule is O=C1CCN(C2=CC=C2)c2nc(Cl)ncc2N1. The monoisotopic (exact) mass is 248 g/mol. The summed E-state index contributed by atoms with van der Waals surface area (Å²) in [5.41, 5.74) is 1.62. The van der Waals surface area contributed by atoms with Gasteiger partial charge in [0.1, 0.15) is 5.69 Å². The molecule has 0 saturated heterocycles. The van der Waals surface area contributed by atoms with Gasteiger partial charge in [-0.05, 0) is 23.8 Å². The molecule has 2 aliphatic rings. The van der Waals surface area contributed by atoms with E-state index in [2.05, 4.69) is 15.3 Å². The van der Waals surface area contributed by atoms with Crippen LogP contribution in [-0.2, 0) is 4.79 Å². The van der Waals surface area contributed by atoms with E-state index in [4.69, 9.17) is 11.6 Å². The largest absolute Gasteiger partial charge is 0.324 e. The lowest BCUT2D eigenvalue weighted by Gasteiger charge is -2.25. The summed E-state index contributed by atoms with van der Waals surface area (Å²) in [6, 6.07) is 0. The molecular weight excluding hydrogens is 240 g/mol. The molecule has 1 aromatic rings. The highest BCUT2D eigenvalue weighted by molar-refractivity contribution is 6.28. The van der Waals surface area contributed by atoms with Crippen LogP contribution in [0.4, 0.5) is 11.5 Å². The number of carbonyl (C=O) groups is 1. The molecule has 1 amide bonds. The number of hydrogen-bond donors (Lipinski definition) is 1. The van der Waals surface area contributed by atoms with Gasteiger partial charge in [0.2, 0.25) is 11.2 Å². The molecule has 6 heteroatoms. The molecule has 0 saturated carbocycles. The average molecular weight is 249 g/mol. The zero-order valence-corrected chi connectivity index (χ0v) is 9.61. The maximum absolute atomic E-state index is 11.5. The molecular formula is C11H9ClN4O. The summed E-state index contributed by atoms with van der Waals surface area (Å²) < 4.78 is 0. The Morgan fingerprint density at radius 2 is 2.29 bits per heavy atom.